The maximum Gasteiger partial charge on any atom is 0.326 e. The van der Waals surface area contributed by atoms with Gasteiger partial charge in [-0.3, -0.25) is 5.32 Å². The van der Waals surface area contributed by atoms with Gasteiger partial charge in [0, 0.05) is 30.1 Å². The Morgan fingerprint density at radius 3 is 2.77 bits per heavy atom. The number of hydrogen-bond acceptors (Lipinski definition) is 7. The number of carbonyl (C=O) groups is 1. The van der Waals surface area contributed by atoms with Crippen molar-refractivity contribution in [3.05, 3.63) is 30.0 Å². The number of amides is 2. The van der Waals surface area contributed by atoms with Crippen LogP contribution in [0.1, 0.15) is 12.1 Å². The van der Waals surface area contributed by atoms with Crippen molar-refractivity contribution in [3.63, 3.8) is 0 Å². The Labute approximate surface area is 151 Å². The predicted molar refractivity (Wildman–Crippen MR) is 99.0 cm³/mol. The smallest absolute Gasteiger partial charge is 0.326 e. The molecular weight excluding hydrogens is 336 g/mol. The van der Waals surface area contributed by atoms with Crippen molar-refractivity contribution >= 4 is 23.5 Å². The number of fused-ring (bicyclic) bond motifs is 1. The molecule has 1 aromatic carbocycles. The Morgan fingerprint density at radius 1 is 1.15 bits per heavy atom. The van der Waals surface area contributed by atoms with E-state index in [9.17, 15) is 4.79 Å². The van der Waals surface area contributed by atoms with E-state index in [-0.39, 0.29) is 5.95 Å². The summed E-state index contributed by atoms with van der Waals surface area (Å²) in [4.78, 5) is 20.7. The number of urea groups is 1. The minimum Gasteiger partial charge on any atom is -0.486 e. The third-order valence-corrected chi connectivity index (χ3v) is 3.57. The maximum absolute atomic E-state index is 12.2. The molecule has 0 radical (unpaired) electrons. The monoisotopic (exact) mass is 358 g/mol. The summed E-state index contributed by atoms with van der Waals surface area (Å²) >= 11 is 0. The number of rotatable bonds is 6. The lowest BCUT2D eigenvalue weighted by molar-refractivity contribution is 0.171. The van der Waals surface area contributed by atoms with Crippen molar-refractivity contribution in [1.29, 1.82) is 0 Å². The number of ether oxygens (including phenoxy) is 2. The zero-order valence-electron chi connectivity index (χ0n) is 14.5. The third-order valence-electron chi connectivity index (χ3n) is 3.57. The molecular formula is C17H22N6O3. The Balaban J connectivity index is 1.62. The van der Waals surface area contributed by atoms with Gasteiger partial charge in [-0.05, 0) is 32.0 Å². The van der Waals surface area contributed by atoms with Crippen LogP contribution in [0, 0.1) is 6.92 Å². The number of anilines is 3. The molecule has 0 saturated carbocycles. The van der Waals surface area contributed by atoms with Crippen LogP contribution < -0.4 is 31.2 Å². The van der Waals surface area contributed by atoms with E-state index < -0.39 is 6.03 Å². The van der Waals surface area contributed by atoms with E-state index in [1.54, 1.807) is 24.3 Å². The summed E-state index contributed by atoms with van der Waals surface area (Å²) in [5, 5.41) is 8.51. The number of nitrogens with two attached hydrogens (primary N) is 1. The second kappa shape index (κ2) is 8.34. The number of aromatic nitrogens is 2. The molecule has 1 aliphatic heterocycles. The minimum absolute atomic E-state index is 0.218. The second-order valence-corrected chi connectivity index (χ2v) is 5.72. The first-order valence-corrected chi connectivity index (χ1v) is 8.41. The number of carbonyl (C=O) groups excluding carboxylic acids is 1. The van der Waals surface area contributed by atoms with E-state index in [4.69, 9.17) is 15.2 Å². The lowest BCUT2D eigenvalue weighted by Gasteiger charge is -2.19. The molecule has 138 valence electrons. The summed E-state index contributed by atoms with van der Waals surface area (Å²) in [7, 11) is 0. The van der Waals surface area contributed by atoms with Gasteiger partial charge in [0.1, 0.15) is 19.0 Å². The zero-order valence-corrected chi connectivity index (χ0v) is 14.5. The number of benzene rings is 1. The van der Waals surface area contributed by atoms with Crippen LogP contribution in [0.15, 0.2) is 24.3 Å². The number of aryl methyl sites for hydroxylation is 1. The highest BCUT2D eigenvalue weighted by Crippen LogP contribution is 2.32. The molecule has 1 aromatic heterocycles. The van der Waals surface area contributed by atoms with Gasteiger partial charge in [-0.25, -0.2) is 9.78 Å². The summed E-state index contributed by atoms with van der Waals surface area (Å²) in [5.74, 6) is 2.13. The topological polar surface area (TPSA) is 123 Å². The van der Waals surface area contributed by atoms with Crippen LogP contribution >= 0.6 is 0 Å². The van der Waals surface area contributed by atoms with Crippen molar-refractivity contribution in [1.82, 2.24) is 9.97 Å². The van der Waals surface area contributed by atoms with Gasteiger partial charge >= 0.3 is 6.03 Å². The van der Waals surface area contributed by atoms with E-state index in [1.165, 1.54) is 0 Å². The van der Waals surface area contributed by atoms with Crippen LogP contribution in [0.3, 0.4) is 0 Å². The lowest BCUT2D eigenvalue weighted by Crippen LogP contribution is -2.22. The average molecular weight is 358 g/mol. The first-order valence-electron chi connectivity index (χ1n) is 8.41. The highest BCUT2D eigenvalue weighted by molar-refractivity contribution is 5.98. The SMILES string of the molecule is Cc1cc(NCCCN)nc(NC(=O)Nc2ccc3c(c2)OCCO3)n1. The molecule has 0 bridgehead atoms. The van der Waals surface area contributed by atoms with Crippen LogP contribution in [0.2, 0.25) is 0 Å². The van der Waals surface area contributed by atoms with Gasteiger partial charge in [0.2, 0.25) is 5.95 Å². The summed E-state index contributed by atoms with van der Waals surface area (Å²) in [5.41, 5.74) is 6.80. The van der Waals surface area contributed by atoms with Gasteiger partial charge in [0.15, 0.2) is 11.5 Å². The Hall–Kier alpha value is -3.07. The van der Waals surface area contributed by atoms with Crippen molar-refractivity contribution in [3.8, 4) is 11.5 Å². The van der Waals surface area contributed by atoms with Crippen molar-refractivity contribution in [2.45, 2.75) is 13.3 Å². The molecule has 0 fully saturated rings. The highest BCUT2D eigenvalue weighted by atomic mass is 16.6. The fourth-order valence-corrected chi connectivity index (χ4v) is 2.42. The standard InChI is InChI=1S/C17H22N6O3/c1-11-9-15(19-6-2-5-18)22-16(20-11)23-17(24)21-12-3-4-13-14(10-12)26-8-7-25-13/h3-4,9-10H,2,5-8,18H2,1H3,(H3,19,20,21,22,23,24). The molecule has 5 N–H and O–H groups in total. The number of nitrogens with zero attached hydrogens (tertiary/aromatic N) is 2. The summed E-state index contributed by atoms with van der Waals surface area (Å²) in [6.07, 6.45) is 0.830. The van der Waals surface area contributed by atoms with E-state index >= 15 is 0 Å². The maximum atomic E-state index is 12.2. The van der Waals surface area contributed by atoms with Crippen LogP contribution in [0.5, 0.6) is 11.5 Å². The van der Waals surface area contributed by atoms with Gasteiger partial charge in [0.25, 0.3) is 0 Å². The van der Waals surface area contributed by atoms with Crippen molar-refractivity contribution in [2.24, 2.45) is 5.73 Å². The van der Waals surface area contributed by atoms with Gasteiger partial charge in [-0.15, -0.1) is 0 Å². The summed E-state index contributed by atoms with van der Waals surface area (Å²) < 4.78 is 11.0. The molecule has 0 saturated heterocycles. The number of nitrogens with one attached hydrogen (secondary N) is 3. The molecule has 0 aliphatic carbocycles. The summed E-state index contributed by atoms with van der Waals surface area (Å²) in [6.45, 7) is 4.14. The van der Waals surface area contributed by atoms with Gasteiger partial charge in [0.05, 0.1) is 0 Å². The molecule has 2 heterocycles. The summed E-state index contributed by atoms with van der Waals surface area (Å²) in [6, 6.07) is 6.57. The molecule has 0 atom stereocenters. The fraction of sp³-hybridized carbons (Fsp3) is 0.353. The molecule has 2 aromatic rings. The normalized spacial score (nSPS) is 12.4. The van der Waals surface area contributed by atoms with E-state index in [0.717, 1.165) is 12.1 Å². The lowest BCUT2D eigenvalue weighted by atomic mass is 10.2. The fourth-order valence-electron chi connectivity index (χ4n) is 2.42. The predicted octanol–water partition coefficient (Wildman–Crippen LogP) is 1.96. The Bertz CT molecular complexity index is 783. The largest absolute Gasteiger partial charge is 0.486 e. The molecule has 0 spiro atoms. The van der Waals surface area contributed by atoms with Crippen LogP contribution in [0.25, 0.3) is 0 Å². The average Bonchev–Trinajstić information content (AvgIpc) is 2.61. The highest BCUT2D eigenvalue weighted by Gasteiger charge is 2.13. The first kappa shape index (κ1) is 17.7. The van der Waals surface area contributed by atoms with Crippen LogP contribution in [0.4, 0.5) is 22.2 Å². The van der Waals surface area contributed by atoms with Crippen LogP contribution in [-0.2, 0) is 0 Å². The van der Waals surface area contributed by atoms with E-state index in [1.807, 2.05) is 6.92 Å². The van der Waals surface area contributed by atoms with Gasteiger partial charge < -0.3 is 25.8 Å². The van der Waals surface area contributed by atoms with Gasteiger partial charge in [-0.1, -0.05) is 0 Å². The molecule has 1 aliphatic rings. The van der Waals surface area contributed by atoms with Crippen molar-refractivity contribution in [2.75, 3.05) is 42.3 Å². The van der Waals surface area contributed by atoms with Crippen molar-refractivity contribution < 1.29 is 14.3 Å². The quantitative estimate of drug-likeness (QED) is 0.582. The Kier molecular flexibility index (Phi) is 5.69. The second-order valence-electron chi connectivity index (χ2n) is 5.72. The molecule has 2 amide bonds. The van der Waals surface area contributed by atoms with E-state index in [2.05, 4.69) is 25.9 Å². The molecule has 9 nitrogen and oxygen atoms in total. The number of hydrogen-bond donors (Lipinski definition) is 4. The van der Waals surface area contributed by atoms with Crippen LogP contribution in [-0.4, -0.2) is 42.3 Å². The first-order chi connectivity index (χ1) is 12.6. The molecule has 3 rings (SSSR count). The molecule has 9 heteroatoms. The Morgan fingerprint density at radius 2 is 1.96 bits per heavy atom. The minimum atomic E-state index is -0.444. The zero-order chi connectivity index (χ0) is 18.4. The van der Waals surface area contributed by atoms with Gasteiger partial charge in [-0.2, -0.15) is 4.98 Å². The molecule has 26 heavy (non-hydrogen) atoms. The molecule has 0 unspecified atom stereocenters. The third kappa shape index (κ3) is 4.73. The van der Waals surface area contributed by atoms with E-state index in [0.29, 0.717) is 49.3 Å².